The Morgan fingerprint density at radius 3 is 2.15 bits per heavy atom. The first-order valence-electron chi connectivity index (χ1n) is 5.74. The molecule has 1 atom stereocenters. The van der Waals surface area contributed by atoms with E-state index < -0.39 is 11.9 Å². The Bertz CT molecular complexity index is 629. The van der Waals surface area contributed by atoms with Crippen LogP contribution in [0.25, 0.3) is 0 Å². The van der Waals surface area contributed by atoms with Crippen LogP contribution in [-0.4, -0.2) is 5.91 Å². The molecule has 3 N–H and O–H groups in total. The van der Waals surface area contributed by atoms with E-state index in [4.69, 9.17) is 40.5 Å². The van der Waals surface area contributed by atoms with Gasteiger partial charge in [-0.15, -0.1) is 0 Å². The van der Waals surface area contributed by atoms with E-state index in [0.717, 1.165) is 0 Å². The van der Waals surface area contributed by atoms with Gasteiger partial charge in [-0.25, -0.2) is 0 Å². The van der Waals surface area contributed by atoms with Gasteiger partial charge in [-0.05, 0) is 36.4 Å². The van der Waals surface area contributed by atoms with Crippen molar-refractivity contribution < 1.29 is 4.79 Å². The molecule has 6 heteroatoms. The number of benzene rings is 2. The Labute approximate surface area is 131 Å². The summed E-state index contributed by atoms with van der Waals surface area (Å²) in [6.07, 6.45) is 0. The van der Waals surface area contributed by atoms with Crippen molar-refractivity contribution in [2.24, 2.45) is 5.73 Å². The predicted molar refractivity (Wildman–Crippen MR) is 83.5 cm³/mol. The van der Waals surface area contributed by atoms with Crippen molar-refractivity contribution in [1.82, 2.24) is 0 Å². The fourth-order valence-corrected chi connectivity index (χ4v) is 2.39. The van der Waals surface area contributed by atoms with Gasteiger partial charge in [0, 0.05) is 26.3 Å². The zero-order valence-corrected chi connectivity index (χ0v) is 12.5. The summed E-state index contributed by atoms with van der Waals surface area (Å²) in [5, 5.41) is 4.50. The van der Waals surface area contributed by atoms with Gasteiger partial charge in [-0.2, -0.15) is 0 Å². The van der Waals surface area contributed by atoms with Gasteiger partial charge >= 0.3 is 0 Å². The molecular formula is C14H11Cl3N2O. The summed E-state index contributed by atoms with van der Waals surface area (Å²) in [5.74, 6) is -0.538. The number of nitrogens with two attached hydrogens (primary N) is 1. The number of anilines is 1. The van der Waals surface area contributed by atoms with Crippen molar-refractivity contribution in [2.75, 3.05) is 5.32 Å². The Balaban J connectivity index is 2.31. The molecule has 20 heavy (non-hydrogen) atoms. The van der Waals surface area contributed by atoms with Crippen LogP contribution in [0.3, 0.4) is 0 Å². The largest absolute Gasteiger partial charge is 0.370 e. The number of halogens is 3. The van der Waals surface area contributed by atoms with Gasteiger partial charge in [0.05, 0.1) is 0 Å². The van der Waals surface area contributed by atoms with E-state index in [0.29, 0.717) is 26.3 Å². The fourth-order valence-electron chi connectivity index (χ4n) is 1.75. The summed E-state index contributed by atoms with van der Waals surface area (Å²) in [4.78, 5) is 11.7. The minimum absolute atomic E-state index is 0.378. The van der Waals surface area contributed by atoms with Crippen molar-refractivity contribution in [3.63, 3.8) is 0 Å². The van der Waals surface area contributed by atoms with Crippen molar-refractivity contribution in [2.45, 2.75) is 6.04 Å². The van der Waals surface area contributed by atoms with Crippen LogP contribution >= 0.6 is 34.8 Å². The zero-order valence-electron chi connectivity index (χ0n) is 10.2. The first-order chi connectivity index (χ1) is 9.47. The Kier molecular flexibility index (Phi) is 4.76. The second kappa shape index (κ2) is 6.35. The van der Waals surface area contributed by atoms with Crippen molar-refractivity contribution in [3.05, 3.63) is 63.1 Å². The first kappa shape index (κ1) is 15.0. The maximum Gasteiger partial charge on any atom is 0.244 e. The van der Waals surface area contributed by atoms with E-state index in [2.05, 4.69) is 5.32 Å². The Morgan fingerprint density at radius 2 is 1.60 bits per heavy atom. The molecule has 1 unspecified atom stereocenters. The number of hydrogen-bond acceptors (Lipinski definition) is 2. The summed E-state index contributed by atoms with van der Waals surface area (Å²) in [7, 11) is 0. The maximum atomic E-state index is 11.7. The highest BCUT2D eigenvalue weighted by Crippen LogP contribution is 2.29. The number of carbonyl (C=O) groups is 1. The maximum absolute atomic E-state index is 11.7. The molecule has 0 spiro atoms. The highest BCUT2D eigenvalue weighted by Gasteiger charge is 2.20. The van der Waals surface area contributed by atoms with Gasteiger partial charge in [0.25, 0.3) is 0 Å². The average molecular weight is 330 g/mol. The third kappa shape index (κ3) is 3.57. The number of primary amides is 1. The van der Waals surface area contributed by atoms with Crippen LogP contribution in [0.15, 0.2) is 42.5 Å². The molecule has 0 aromatic heterocycles. The van der Waals surface area contributed by atoms with Crippen LogP contribution in [0.1, 0.15) is 11.6 Å². The fraction of sp³-hybridized carbons (Fsp3) is 0.0714. The quantitative estimate of drug-likeness (QED) is 0.879. The minimum Gasteiger partial charge on any atom is -0.370 e. The van der Waals surface area contributed by atoms with Crippen molar-refractivity contribution in [3.8, 4) is 0 Å². The van der Waals surface area contributed by atoms with Crippen LogP contribution in [0, 0.1) is 0 Å². The molecule has 2 aromatic carbocycles. The smallest absolute Gasteiger partial charge is 0.244 e. The molecule has 0 aliphatic carbocycles. The summed E-state index contributed by atoms with van der Waals surface area (Å²) in [6, 6.07) is 11.1. The minimum atomic E-state index is -0.749. The molecule has 0 fully saturated rings. The SMILES string of the molecule is NC(=O)C(Nc1ccc(Cl)cc1)c1ccc(Cl)cc1Cl. The van der Waals surface area contributed by atoms with Gasteiger partial charge in [0.1, 0.15) is 6.04 Å². The monoisotopic (exact) mass is 328 g/mol. The van der Waals surface area contributed by atoms with E-state index in [-0.39, 0.29) is 0 Å². The molecule has 0 bridgehead atoms. The van der Waals surface area contributed by atoms with E-state index in [9.17, 15) is 4.79 Å². The second-order valence-corrected chi connectivity index (χ2v) is 5.43. The van der Waals surface area contributed by atoms with Crippen molar-refractivity contribution >= 4 is 46.4 Å². The lowest BCUT2D eigenvalue weighted by Crippen LogP contribution is -2.28. The van der Waals surface area contributed by atoms with Crippen LogP contribution in [0.2, 0.25) is 15.1 Å². The van der Waals surface area contributed by atoms with Gasteiger partial charge < -0.3 is 11.1 Å². The Morgan fingerprint density at radius 1 is 1.00 bits per heavy atom. The molecule has 2 aromatic rings. The molecule has 0 radical (unpaired) electrons. The van der Waals surface area contributed by atoms with Gasteiger partial charge in [-0.3, -0.25) is 4.79 Å². The normalized spacial score (nSPS) is 11.9. The molecule has 0 saturated heterocycles. The molecule has 0 saturated carbocycles. The second-order valence-electron chi connectivity index (χ2n) is 4.15. The summed E-state index contributed by atoms with van der Waals surface area (Å²) >= 11 is 17.8. The van der Waals surface area contributed by atoms with E-state index >= 15 is 0 Å². The number of hydrogen-bond donors (Lipinski definition) is 2. The topological polar surface area (TPSA) is 55.1 Å². The summed E-state index contributed by atoms with van der Waals surface area (Å²) in [6.45, 7) is 0. The Hall–Kier alpha value is -1.42. The molecule has 1 amide bonds. The van der Waals surface area contributed by atoms with E-state index in [1.165, 1.54) is 0 Å². The number of nitrogens with one attached hydrogen (secondary N) is 1. The van der Waals surface area contributed by atoms with Crippen LogP contribution in [0.4, 0.5) is 5.69 Å². The predicted octanol–water partition coefficient (Wildman–Crippen LogP) is 4.29. The molecule has 0 aliphatic rings. The lowest BCUT2D eigenvalue weighted by atomic mass is 10.1. The molecule has 0 aliphatic heterocycles. The van der Waals surface area contributed by atoms with Gasteiger partial charge in [0.2, 0.25) is 5.91 Å². The van der Waals surface area contributed by atoms with Crippen LogP contribution in [0.5, 0.6) is 0 Å². The molecular weight excluding hydrogens is 319 g/mol. The highest BCUT2D eigenvalue weighted by atomic mass is 35.5. The summed E-state index contributed by atoms with van der Waals surface area (Å²) in [5.41, 5.74) is 6.71. The standard InChI is InChI=1S/C14H11Cl3N2O/c15-8-1-4-10(5-2-8)19-13(14(18)20)11-6-3-9(16)7-12(11)17/h1-7,13,19H,(H2,18,20). The third-order valence-electron chi connectivity index (χ3n) is 2.71. The highest BCUT2D eigenvalue weighted by molar-refractivity contribution is 6.35. The molecule has 3 nitrogen and oxygen atoms in total. The molecule has 0 heterocycles. The van der Waals surface area contributed by atoms with Crippen LogP contribution in [-0.2, 0) is 4.79 Å². The molecule has 2 rings (SSSR count). The number of rotatable bonds is 4. The van der Waals surface area contributed by atoms with E-state index in [1.807, 2.05) is 0 Å². The average Bonchev–Trinajstić information content (AvgIpc) is 2.39. The van der Waals surface area contributed by atoms with Crippen molar-refractivity contribution in [1.29, 1.82) is 0 Å². The van der Waals surface area contributed by atoms with Crippen LogP contribution < -0.4 is 11.1 Å². The lowest BCUT2D eigenvalue weighted by molar-refractivity contribution is -0.118. The van der Waals surface area contributed by atoms with Gasteiger partial charge in [-0.1, -0.05) is 40.9 Å². The number of carbonyl (C=O) groups excluding carboxylic acids is 1. The lowest BCUT2D eigenvalue weighted by Gasteiger charge is -2.18. The first-order valence-corrected chi connectivity index (χ1v) is 6.87. The van der Waals surface area contributed by atoms with E-state index in [1.54, 1.807) is 42.5 Å². The number of amides is 1. The molecule has 104 valence electrons. The summed E-state index contributed by atoms with van der Waals surface area (Å²) < 4.78 is 0. The third-order valence-corrected chi connectivity index (χ3v) is 3.53. The van der Waals surface area contributed by atoms with Gasteiger partial charge in [0.15, 0.2) is 0 Å². The zero-order chi connectivity index (χ0) is 14.7.